The van der Waals surface area contributed by atoms with Gasteiger partial charge in [0.1, 0.15) is 5.84 Å². The molecule has 0 unspecified atom stereocenters. The molecule has 0 saturated heterocycles. The average molecular weight is 400 g/mol. The summed E-state index contributed by atoms with van der Waals surface area (Å²) in [5.74, 6) is 1.02. The van der Waals surface area contributed by atoms with Gasteiger partial charge in [0.2, 0.25) is 0 Å². The van der Waals surface area contributed by atoms with Gasteiger partial charge >= 0.3 is 0 Å². The number of sulfonamides is 1. The third kappa shape index (κ3) is 3.63. The molecule has 2 aliphatic heterocycles. The highest BCUT2D eigenvalue weighted by Crippen LogP contribution is 2.38. The van der Waals surface area contributed by atoms with Crippen molar-refractivity contribution in [2.75, 3.05) is 12.3 Å². The number of amides is 1. The van der Waals surface area contributed by atoms with Gasteiger partial charge in [-0.05, 0) is 48.0 Å². The molecule has 6 nitrogen and oxygen atoms in total. The van der Waals surface area contributed by atoms with Crippen LogP contribution in [-0.2, 0) is 21.2 Å². The Labute approximate surface area is 166 Å². The molecule has 0 bridgehead atoms. The fourth-order valence-corrected chi connectivity index (χ4v) is 5.22. The molecule has 1 aliphatic carbocycles. The van der Waals surface area contributed by atoms with Gasteiger partial charge in [-0.25, -0.2) is 8.42 Å². The Balaban J connectivity index is 1.58. The maximum atomic E-state index is 13.0. The Hall–Kier alpha value is -2.41. The first-order valence-corrected chi connectivity index (χ1v) is 11.3. The van der Waals surface area contributed by atoms with Gasteiger partial charge in [0, 0.05) is 12.7 Å². The number of fused-ring (bicyclic) bond motifs is 2. The zero-order valence-corrected chi connectivity index (χ0v) is 16.9. The summed E-state index contributed by atoms with van der Waals surface area (Å²) in [7, 11) is -3.40. The topological polar surface area (TPSA) is 78.8 Å². The zero-order valence-electron chi connectivity index (χ0n) is 16.1. The SMILES string of the molecule is CC(C)[C@H]1CCc2ccccc2[C@H]1NC(=O)C1=CN2CCS(=O)(=O)N=C2C=C1. The summed E-state index contributed by atoms with van der Waals surface area (Å²) in [5, 5.41) is 3.24. The molecule has 1 aromatic carbocycles. The van der Waals surface area contributed by atoms with Crippen LogP contribution < -0.4 is 5.32 Å². The molecule has 0 aromatic heterocycles. The minimum atomic E-state index is -3.40. The van der Waals surface area contributed by atoms with E-state index in [0.29, 0.717) is 29.8 Å². The van der Waals surface area contributed by atoms with Gasteiger partial charge in [-0.15, -0.1) is 4.40 Å². The van der Waals surface area contributed by atoms with Gasteiger partial charge in [0.25, 0.3) is 15.9 Å². The predicted molar refractivity (Wildman–Crippen MR) is 109 cm³/mol. The van der Waals surface area contributed by atoms with Gasteiger partial charge in [-0.1, -0.05) is 38.1 Å². The summed E-state index contributed by atoms with van der Waals surface area (Å²) in [6, 6.07) is 8.30. The van der Waals surface area contributed by atoms with E-state index in [9.17, 15) is 13.2 Å². The van der Waals surface area contributed by atoms with E-state index < -0.39 is 10.0 Å². The smallest absolute Gasteiger partial charge is 0.256 e. The van der Waals surface area contributed by atoms with Crippen LogP contribution >= 0.6 is 0 Å². The molecule has 3 aliphatic rings. The maximum Gasteiger partial charge on any atom is 0.256 e. The molecule has 148 valence electrons. The Morgan fingerprint density at radius 3 is 2.82 bits per heavy atom. The number of hydrogen-bond acceptors (Lipinski definition) is 4. The molecular weight excluding hydrogens is 374 g/mol. The van der Waals surface area contributed by atoms with Crippen molar-refractivity contribution in [1.82, 2.24) is 10.2 Å². The second-order valence-corrected chi connectivity index (χ2v) is 9.70. The average Bonchev–Trinajstić information content (AvgIpc) is 2.67. The fraction of sp³-hybridized carbons (Fsp3) is 0.429. The Morgan fingerprint density at radius 2 is 2.04 bits per heavy atom. The van der Waals surface area contributed by atoms with E-state index in [2.05, 4.69) is 35.7 Å². The van der Waals surface area contributed by atoms with Crippen LogP contribution in [0, 0.1) is 11.8 Å². The summed E-state index contributed by atoms with van der Waals surface area (Å²) in [4.78, 5) is 14.8. The van der Waals surface area contributed by atoms with Crippen molar-refractivity contribution in [2.24, 2.45) is 16.2 Å². The van der Waals surface area contributed by atoms with Gasteiger partial charge in [-0.2, -0.15) is 0 Å². The lowest BCUT2D eigenvalue weighted by atomic mass is 9.74. The number of nitrogens with one attached hydrogen (secondary N) is 1. The standard InChI is InChI=1S/C21H25N3O3S/c1-14(2)17-9-7-15-5-3-4-6-18(15)20(17)22-21(25)16-8-10-19-23-28(26,27)12-11-24(19)13-16/h3-6,8,10,13-14,17,20H,7,9,11-12H2,1-2H3,(H,22,25)/t17-,20+/m1/s1. The molecule has 7 heteroatoms. The number of benzene rings is 1. The Morgan fingerprint density at radius 1 is 1.25 bits per heavy atom. The minimum absolute atomic E-state index is 0.0245. The number of carbonyl (C=O) groups is 1. The van der Waals surface area contributed by atoms with Crippen LogP contribution in [0.15, 0.2) is 52.6 Å². The van der Waals surface area contributed by atoms with Gasteiger partial charge in [-0.3, -0.25) is 4.79 Å². The highest BCUT2D eigenvalue weighted by Gasteiger charge is 2.33. The van der Waals surface area contributed by atoms with Gasteiger partial charge in [0.05, 0.1) is 17.4 Å². The van der Waals surface area contributed by atoms with E-state index in [-0.39, 0.29) is 17.7 Å². The summed E-state index contributed by atoms with van der Waals surface area (Å²) in [5.41, 5.74) is 3.02. The van der Waals surface area contributed by atoms with Crippen molar-refractivity contribution in [3.8, 4) is 0 Å². The largest absolute Gasteiger partial charge is 0.345 e. The predicted octanol–water partition coefficient (Wildman–Crippen LogP) is 2.56. The van der Waals surface area contributed by atoms with Crippen molar-refractivity contribution < 1.29 is 13.2 Å². The van der Waals surface area contributed by atoms with Gasteiger partial charge < -0.3 is 10.2 Å². The molecule has 1 amide bonds. The molecule has 0 saturated carbocycles. The molecule has 0 spiro atoms. The maximum absolute atomic E-state index is 13.0. The quantitative estimate of drug-likeness (QED) is 0.847. The van der Waals surface area contributed by atoms with Crippen LogP contribution in [0.25, 0.3) is 0 Å². The summed E-state index contributed by atoms with van der Waals surface area (Å²) >= 11 is 0. The van der Waals surface area contributed by atoms with Crippen LogP contribution in [0.3, 0.4) is 0 Å². The highest BCUT2D eigenvalue weighted by atomic mass is 32.2. The molecule has 0 fully saturated rings. The minimum Gasteiger partial charge on any atom is -0.345 e. The summed E-state index contributed by atoms with van der Waals surface area (Å²) in [6.45, 7) is 4.71. The number of carbonyl (C=O) groups excluding carboxylic acids is 1. The molecule has 2 heterocycles. The van der Waals surface area contributed by atoms with Crippen LogP contribution in [0.4, 0.5) is 0 Å². The first kappa shape index (κ1) is 18.9. The molecule has 0 radical (unpaired) electrons. The Bertz CT molecular complexity index is 992. The number of aryl methyl sites for hydroxylation is 1. The van der Waals surface area contributed by atoms with E-state index in [1.54, 1.807) is 23.3 Å². The third-order valence-electron chi connectivity index (χ3n) is 5.79. The van der Waals surface area contributed by atoms with Crippen molar-refractivity contribution in [1.29, 1.82) is 0 Å². The van der Waals surface area contributed by atoms with Crippen LogP contribution in [0.1, 0.15) is 37.4 Å². The molecule has 4 rings (SSSR count). The van der Waals surface area contributed by atoms with Gasteiger partial charge in [0.15, 0.2) is 0 Å². The van der Waals surface area contributed by atoms with E-state index >= 15 is 0 Å². The molecule has 1 N–H and O–H groups in total. The molecule has 1 aromatic rings. The molecule has 28 heavy (non-hydrogen) atoms. The number of hydrogen-bond donors (Lipinski definition) is 1. The third-order valence-corrected chi connectivity index (χ3v) is 6.96. The number of nitrogens with zero attached hydrogens (tertiary/aromatic N) is 2. The van der Waals surface area contributed by atoms with Crippen molar-refractivity contribution >= 4 is 21.8 Å². The van der Waals surface area contributed by atoms with E-state index in [4.69, 9.17) is 0 Å². The van der Waals surface area contributed by atoms with E-state index in [1.807, 2.05) is 12.1 Å². The van der Waals surface area contributed by atoms with Crippen molar-refractivity contribution in [2.45, 2.75) is 32.7 Å². The normalized spacial score (nSPS) is 25.5. The van der Waals surface area contributed by atoms with Crippen LogP contribution in [0.5, 0.6) is 0 Å². The Kier molecular flexibility index (Phi) is 4.87. The first-order valence-electron chi connectivity index (χ1n) is 9.72. The lowest BCUT2D eigenvalue weighted by Gasteiger charge is -2.37. The number of rotatable bonds is 3. The van der Waals surface area contributed by atoms with Crippen molar-refractivity contribution in [3.63, 3.8) is 0 Å². The van der Waals surface area contributed by atoms with Crippen LogP contribution in [0.2, 0.25) is 0 Å². The lowest BCUT2D eigenvalue weighted by molar-refractivity contribution is -0.118. The second kappa shape index (κ2) is 7.20. The lowest BCUT2D eigenvalue weighted by Crippen LogP contribution is -2.41. The fourth-order valence-electron chi connectivity index (χ4n) is 4.25. The molecule has 2 atom stereocenters. The second-order valence-electron chi connectivity index (χ2n) is 7.94. The number of amidine groups is 1. The summed E-state index contributed by atoms with van der Waals surface area (Å²) < 4.78 is 27.1. The summed E-state index contributed by atoms with van der Waals surface area (Å²) in [6.07, 6.45) is 7.03. The molecular formula is C21H25N3O3S. The van der Waals surface area contributed by atoms with Crippen molar-refractivity contribution in [3.05, 3.63) is 59.3 Å². The first-order chi connectivity index (χ1) is 13.3. The zero-order chi connectivity index (χ0) is 19.9. The van der Waals surface area contributed by atoms with E-state index in [1.165, 1.54) is 11.1 Å². The highest BCUT2D eigenvalue weighted by molar-refractivity contribution is 7.90. The monoisotopic (exact) mass is 399 g/mol. The van der Waals surface area contributed by atoms with Crippen LogP contribution in [-0.4, -0.2) is 37.4 Å². The van der Waals surface area contributed by atoms with E-state index in [0.717, 1.165) is 12.8 Å².